The first-order valence-electron chi connectivity index (χ1n) is 8.36. The summed E-state index contributed by atoms with van der Waals surface area (Å²) >= 11 is 0. The average molecular weight is 311 g/mol. The third-order valence-electron chi connectivity index (χ3n) is 5.22. The quantitative estimate of drug-likeness (QED) is 0.745. The maximum Gasteiger partial charge on any atom is 0.248 e. The Labute approximate surface area is 133 Å². The highest BCUT2D eigenvalue weighted by atomic mass is 16.5. The molecule has 1 atom stereocenters. The van der Waals surface area contributed by atoms with Gasteiger partial charge in [0.2, 0.25) is 11.8 Å². The summed E-state index contributed by atoms with van der Waals surface area (Å²) in [6.45, 7) is 9.31. The minimum Gasteiger partial charge on any atom is -0.375 e. The van der Waals surface area contributed by atoms with Gasteiger partial charge in [-0.3, -0.25) is 14.5 Å². The monoisotopic (exact) mass is 311 g/mol. The zero-order valence-corrected chi connectivity index (χ0v) is 14.1. The highest BCUT2D eigenvalue weighted by molar-refractivity contribution is 5.78. The molecule has 0 aromatic carbocycles. The topological polar surface area (TPSA) is 53.1 Å². The molecular formula is C16H29N3O3. The van der Waals surface area contributed by atoms with Crippen LogP contribution in [0.5, 0.6) is 0 Å². The van der Waals surface area contributed by atoms with Crippen LogP contribution in [0.2, 0.25) is 0 Å². The maximum absolute atomic E-state index is 12.0. The van der Waals surface area contributed by atoms with Gasteiger partial charge in [0, 0.05) is 58.3 Å². The number of methoxy groups -OCH3 is 1. The molecule has 2 heterocycles. The maximum atomic E-state index is 12.0. The van der Waals surface area contributed by atoms with E-state index < -0.39 is 0 Å². The summed E-state index contributed by atoms with van der Waals surface area (Å²) in [4.78, 5) is 30.2. The number of carbonyl (C=O) groups excluding carboxylic acids is 2. The summed E-state index contributed by atoms with van der Waals surface area (Å²) in [6.07, 6.45) is 2.63. The van der Waals surface area contributed by atoms with Gasteiger partial charge in [-0.15, -0.1) is 0 Å². The molecule has 0 aliphatic carbocycles. The molecule has 2 saturated heterocycles. The van der Waals surface area contributed by atoms with Crippen molar-refractivity contribution in [2.75, 3.05) is 53.0 Å². The van der Waals surface area contributed by atoms with Crippen LogP contribution in [0.4, 0.5) is 0 Å². The number of rotatable bonds is 5. The fraction of sp³-hybridized carbons (Fsp3) is 0.875. The molecule has 0 N–H and O–H groups in total. The lowest BCUT2D eigenvalue weighted by Crippen LogP contribution is -2.59. The Morgan fingerprint density at radius 3 is 2.23 bits per heavy atom. The number of likely N-dealkylation sites (tertiary alicyclic amines) is 1. The second-order valence-corrected chi connectivity index (χ2v) is 6.30. The van der Waals surface area contributed by atoms with Gasteiger partial charge in [-0.1, -0.05) is 13.8 Å². The predicted molar refractivity (Wildman–Crippen MR) is 84.5 cm³/mol. The van der Waals surface area contributed by atoms with Crippen molar-refractivity contribution in [2.24, 2.45) is 0 Å². The number of hydrogen-bond donors (Lipinski definition) is 0. The second kappa shape index (κ2) is 7.42. The van der Waals surface area contributed by atoms with Crippen LogP contribution >= 0.6 is 0 Å². The molecule has 2 rings (SSSR count). The number of nitrogens with zero attached hydrogens (tertiary/aromatic N) is 3. The summed E-state index contributed by atoms with van der Waals surface area (Å²) in [6, 6.07) is 0. The minimum absolute atomic E-state index is 0.0742. The van der Waals surface area contributed by atoms with Crippen LogP contribution in [-0.2, 0) is 14.3 Å². The number of piperazine rings is 1. The first-order chi connectivity index (χ1) is 10.6. The zero-order chi connectivity index (χ0) is 16.2. The Bertz CT molecular complexity index is 407. The van der Waals surface area contributed by atoms with Crippen molar-refractivity contribution in [2.45, 2.75) is 38.6 Å². The van der Waals surface area contributed by atoms with E-state index in [4.69, 9.17) is 4.74 Å². The largest absolute Gasteiger partial charge is 0.375 e. The lowest BCUT2D eigenvalue weighted by atomic mass is 9.92. The van der Waals surface area contributed by atoms with Crippen LogP contribution in [0.25, 0.3) is 0 Å². The van der Waals surface area contributed by atoms with Gasteiger partial charge in [0.15, 0.2) is 0 Å². The van der Waals surface area contributed by atoms with E-state index >= 15 is 0 Å². The van der Waals surface area contributed by atoms with Gasteiger partial charge in [0.1, 0.15) is 6.61 Å². The number of ether oxygens (including phenoxy) is 1. The average Bonchev–Trinajstić information content (AvgIpc) is 3.00. The standard InChI is InChI=1S/C16H29N3O3/c1-4-14(20)17-8-10-19(11-9-17)16(5-2)6-7-18(13-16)15(21)12-22-3/h4-13H2,1-3H3. The molecule has 6 nitrogen and oxygen atoms in total. The van der Waals surface area contributed by atoms with Crippen LogP contribution in [-0.4, -0.2) is 85.0 Å². The molecule has 2 aliphatic rings. The molecule has 0 spiro atoms. The van der Waals surface area contributed by atoms with Crippen molar-refractivity contribution in [3.63, 3.8) is 0 Å². The fourth-order valence-corrected chi connectivity index (χ4v) is 3.71. The highest BCUT2D eigenvalue weighted by Crippen LogP contribution is 2.32. The first-order valence-corrected chi connectivity index (χ1v) is 8.36. The van der Waals surface area contributed by atoms with Crippen LogP contribution in [0.15, 0.2) is 0 Å². The fourth-order valence-electron chi connectivity index (χ4n) is 3.71. The van der Waals surface area contributed by atoms with E-state index in [9.17, 15) is 9.59 Å². The molecule has 0 radical (unpaired) electrons. The Morgan fingerprint density at radius 2 is 1.68 bits per heavy atom. The SMILES string of the molecule is CCC(=O)N1CCN(C2(CC)CCN(C(=O)COC)C2)CC1. The van der Waals surface area contributed by atoms with Gasteiger partial charge >= 0.3 is 0 Å². The molecule has 22 heavy (non-hydrogen) atoms. The van der Waals surface area contributed by atoms with Crippen molar-refractivity contribution < 1.29 is 14.3 Å². The molecular weight excluding hydrogens is 282 g/mol. The molecule has 0 bridgehead atoms. The molecule has 126 valence electrons. The van der Waals surface area contributed by atoms with E-state index in [1.54, 1.807) is 7.11 Å². The molecule has 0 aromatic rings. The lowest BCUT2D eigenvalue weighted by Gasteiger charge is -2.45. The molecule has 6 heteroatoms. The van der Waals surface area contributed by atoms with Crippen LogP contribution in [0, 0.1) is 0 Å². The van der Waals surface area contributed by atoms with E-state index in [-0.39, 0.29) is 24.0 Å². The Balaban J connectivity index is 1.95. The molecule has 2 amide bonds. The summed E-state index contributed by atoms with van der Waals surface area (Å²) < 4.78 is 4.97. The van der Waals surface area contributed by atoms with Crippen LogP contribution in [0.1, 0.15) is 33.1 Å². The summed E-state index contributed by atoms with van der Waals surface area (Å²) in [5.41, 5.74) is 0.0742. The Hall–Kier alpha value is -1.14. The van der Waals surface area contributed by atoms with E-state index in [1.165, 1.54) is 0 Å². The first kappa shape index (κ1) is 17.2. The van der Waals surface area contributed by atoms with E-state index in [1.807, 2.05) is 16.7 Å². The third-order valence-corrected chi connectivity index (χ3v) is 5.22. The summed E-state index contributed by atoms with van der Waals surface area (Å²) in [5.74, 6) is 0.325. The second-order valence-electron chi connectivity index (χ2n) is 6.30. The molecule has 0 saturated carbocycles. The van der Waals surface area contributed by atoms with E-state index in [0.717, 1.165) is 52.1 Å². The van der Waals surface area contributed by atoms with Crippen molar-refractivity contribution >= 4 is 11.8 Å². The van der Waals surface area contributed by atoms with Gasteiger partial charge in [-0.25, -0.2) is 0 Å². The zero-order valence-electron chi connectivity index (χ0n) is 14.1. The normalized spacial score (nSPS) is 26.5. The summed E-state index contributed by atoms with van der Waals surface area (Å²) in [7, 11) is 1.56. The third kappa shape index (κ3) is 3.43. The number of carbonyl (C=O) groups is 2. The molecule has 0 aromatic heterocycles. The molecule has 2 fully saturated rings. The van der Waals surface area contributed by atoms with Gasteiger partial charge in [-0.05, 0) is 12.8 Å². The van der Waals surface area contributed by atoms with Crippen molar-refractivity contribution in [3.8, 4) is 0 Å². The number of amides is 2. The smallest absolute Gasteiger partial charge is 0.248 e. The van der Waals surface area contributed by atoms with Gasteiger partial charge in [0.25, 0.3) is 0 Å². The Kier molecular flexibility index (Phi) is 5.81. The van der Waals surface area contributed by atoms with E-state index in [0.29, 0.717) is 6.42 Å². The van der Waals surface area contributed by atoms with Crippen molar-refractivity contribution in [1.29, 1.82) is 0 Å². The highest BCUT2D eigenvalue weighted by Gasteiger charge is 2.43. The lowest BCUT2D eigenvalue weighted by molar-refractivity contribution is -0.135. The molecule has 2 aliphatic heterocycles. The minimum atomic E-state index is 0.0742. The van der Waals surface area contributed by atoms with Crippen molar-refractivity contribution in [3.05, 3.63) is 0 Å². The van der Waals surface area contributed by atoms with Crippen LogP contribution < -0.4 is 0 Å². The van der Waals surface area contributed by atoms with Crippen molar-refractivity contribution in [1.82, 2.24) is 14.7 Å². The predicted octanol–water partition coefficient (Wildman–Crippen LogP) is 0.568. The van der Waals surface area contributed by atoms with Gasteiger partial charge < -0.3 is 14.5 Å². The van der Waals surface area contributed by atoms with Gasteiger partial charge in [0.05, 0.1) is 0 Å². The molecule has 1 unspecified atom stereocenters. The number of hydrogen-bond acceptors (Lipinski definition) is 4. The van der Waals surface area contributed by atoms with E-state index in [2.05, 4.69) is 11.8 Å². The Morgan fingerprint density at radius 1 is 1.00 bits per heavy atom. The van der Waals surface area contributed by atoms with Gasteiger partial charge in [-0.2, -0.15) is 0 Å². The van der Waals surface area contributed by atoms with Crippen LogP contribution in [0.3, 0.4) is 0 Å². The summed E-state index contributed by atoms with van der Waals surface area (Å²) in [5, 5.41) is 0.